The highest BCUT2D eigenvalue weighted by atomic mass is 16.4. The Labute approximate surface area is 143 Å². The molecule has 24 heavy (non-hydrogen) atoms. The van der Waals surface area contributed by atoms with Crippen molar-refractivity contribution in [1.29, 1.82) is 0 Å². The van der Waals surface area contributed by atoms with Gasteiger partial charge >= 0.3 is 5.97 Å². The minimum absolute atomic E-state index is 0.241. The topological polar surface area (TPSA) is 54.4 Å². The van der Waals surface area contributed by atoms with Crippen LogP contribution in [-0.4, -0.2) is 16.9 Å². The number of carboxylic acids is 1. The first-order chi connectivity index (χ1) is 11.5. The summed E-state index contributed by atoms with van der Waals surface area (Å²) in [7, 11) is 0. The van der Waals surface area contributed by atoms with Gasteiger partial charge in [-0.05, 0) is 47.6 Å². The highest BCUT2D eigenvalue weighted by Crippen LogP contribution is 2.16. The Morgan fingerprint density at radius 2 is 1.29 bits per heavy atom. The van der Waals surface area contributed by atoms with Gasteiger partial charge in [-0.3, -0.25) is 4.79 Å². The minimum Gasteiger partial charge on any atom is -0.478 e. The number of aromatic carboxylic acids is 1. The fourth-order valence-electron chi connectivity index (χ4n) is 2.58. The van der Waals surface area contributed by atoms with E-state index in [1.165, 1.54) is 11.1 Å². The van der Waals surface area contributed by atoms with E-state index in [1.54, 1.807) is 24.3 Å². The zero-order valence-corrected chi connectivity index (χ0v) is 14.3. The van der Waals surface area contributed by atoms with Crippen LogP contribution in [0.15, 0.2) is 48.5 Å². The molecule has 3 heteroatoms. The third kappa shape index (κ3) is 5.34. The Hall–Kier alpha value is -2.42. The van der Waals surface area contributed by atoms with E-state index in [2.05, 4.69) is 38.1 Å². The fourth-order valence-corrected chi connectivity index (χ4v) is 2.58. The van der Waals surface area contributed by atoms with Crippen LogP contribution in [0.3, 0.4) is 0 Å². The van der Waals surface area contributed by atoms with E-state index >= 15 is 0 Å². The molecule has 0 aliphatic heterocycles. The zero-order valence-electron chi connectivity index (χ0n) is 14.3. The van der Waals surface area contributed by atoms with Crippen molar-refractivity contribution in [3.8, 4) is 0 Å². The van der Waals surface area contributed by atoms with Crippen LogP contribution in [0.5, 0.6) is 0 Å². The summed E-state index contributed by atoms with van der Waals surface area (Å²) in [5, 5.41) is 8.87. The van der Waals surface area contributed by atoms with E-state index < -0.39 is 5.97 Å². The first-order valence-corrected chi connectivity index (χ1v) is 8.38. The summed E-state index contributed by atoms with van der Waals surface area (Å²) < 4.78 is 0. The van der Waals surface area contributed by atoms with Crippen molar-refractivity contribution >= 4 is 11.8 Å². The largest absolute Gasteiger partial charge is 0.478 e. The summed E-state index contributed by atoms with van der Waals surface area (Å²) in [6.45, 7) is 4.34. The van der Waals surface area contributed by atoms with E-state index in [0.717, 1.165) is 12.0 Å². The summed E-state index contributed by atoms with van der Waals surface area (Å²) in [6.07, 6.45) is 2.48. The highest BCUT2D eigenvalue weighted by Gasteiger charge is 2.06. The molecule has 2 rings (SSSR count). The molecule has 126 valence electrons. The molecule has 0 fully saturated rings. The van der Waals surface area contributed by atoms with Gasteiger partial charge in [-0.15, -0.1) is 0 Å². The maximum atomic E-state index is 12.0. The van der Waals surface area contributed by atoms with Gasteiger partial charge in [0.1, 0.15) is 5.78 Å². The molecule has 0 unspecified atom stereocenters. The second-order valence-electron chi connectivity index (χ2n) is 6.44. The molecule has 1 N–H and O–H groups in total. The molecule has 3 nitrogen and oxygen atoms in total. The van der Waals surface area contributed by atoms with E-state index in [-0.39, 0.29) is 11.3 Å². The Morgan fingerprint density at radius 3 is 1.71 bits per heavy atom. The number of hydrogen-bond donors (Lipinski definition) is 1. The molecule has 0 aromatic heterocycles. The zero-order chi connectivity index (χ0) is 17.5. The van der Waals surface area contributed by atoms with Crippen LogP contribution in [0.2, 0.25) is 0 Å². The molecule has 0 aliphatic carbocycles. The van der Waals surface area contributed by atoms with Crippen LogP contribution >= 0.6 is 0 Å². The average molecular weight is 324 g/mol. The Balaban J connectivity index is 1.77. The number of ketones is 1. The third-order valence-electron chi connectivity index (χ3n) is 4.23. The van der Waals surface area contributed by atoms with Gasteiger partial charge in [-0.25, -0.2) is 4.79 Å². The summed E-state index contributed by atoms with van der Waals surface area (Å²) in [6, 6.07) is 15.2. The number of aryl methyl sites for hydroxylation is 2. The van der Waals surface area contributed by atoms with E-state index in [0.29, 0.717) is 25.2 Å². The standard InChI is InChI=1S/C21H24O3/c1-15(2)18-9-3-16(4-10-18)7-13-20(22)14-8-17-5-11-19(12-6-17)21(23)24/h3-6,9-12,15H,7-8,13-14H2,1-2H3,(H,23,24). The molecule has 0 saturated carbocycles. The molecular formula is C21H24O3. The van der Waals surface area contributed by atoms with Crippen molar-refractivity contribution in [3.05, 3.63) is 70.8 Å². The van der Waals surface area contributed by atoms with Gasteiger partial charge in [0.05, 0.1) is 5.56 Å². The second kappa shape index (κ2) is 8.44. The minimum atomic E-state index is -0.930. The number of carbonyl (C=O) groups is 2. The number of carboxylic acid groups (broad SMARTS) is 1. The lowest BCUT2D eigenvalue weighted by Gasteiger charge is -2.07. The van der Waals surface area contributed by atoms with Crippen molar-refractivity contribution < 1.29 is 14.7 Å². The lowest BCUT2D eigenvalue weighted by atomic mass is 9.98. The quantitative estimate of drug-likeness (QED) is 0.769. The van der Waals surface area contributed by atoms with Crippen molar-refractivity contribution in [2.75, 3.05) is 0 Å². The van der Waals surface area contributed by atoms with Crippen molar-refractivity contribution in [1.82, 2.24) is 0 Å². The number of rotatable bonds is 8. The molecule has 2 aromatic carbocycles. The maximum Gasteiger partial charge on any atom is 0.335 e. The molecular weight excluding hydrogens is 300 g/mol. The van der Waals surface area contributed by atoms with Crippen LogP contribution in [0.1, 0.15) is 59.7 Å². The number of carbonyl (C=O) groups excluding carboxylic acids is 1. The SMILES string of the molecule is CC(C)c1ccc(CCC(=O)CCc2ccc(C(=O)O)cc2)cc1. The van der Waals surface area contributed by atoms with Gasteiger partial charge in [-0.1, -0.05) is 50.2 Å². The Kier molecular flexibility index (Phi) is 6.30. The molecule has 2 aromatic rings. The average Bonchev–Trinajstić information content (AvgIpc) is 2.58. The Morgan fingerprint density at radius 1 is 0.833 bits per heavy atom. The lowest BCUT2D eigenvalue weighted by molar-refractivity contribution is -0.119. The van der Waals surface area contributed by atoms with Crippen molar-refractivity contribution in [2.45, 2.75) is 45.4 Å². The fraction of sp³-hybridized carbons (Fsp3) is 0.333. The van der Waals surface area contributed by atoms with Gasteiger partial charge in [0.2, 0.25) is 0 Å². The van der Waals surface area contributed by atoms with Gasteiger partial charge < -0.3 is 5.11 Å². The summed E-state index contributed by atoms with van der Waals surface area (Å²) in [5.41, 5.74) is 3.78. The molecule has 0 saturated heterocycles. The summed E-state index contributed by atoms with van der Waals surface area (Å²) >= 11 is 0. The van der Waals surface area contributed by atoms with Gasteiger partial charge in [0.25, 0.3) is 0 Å². The molecule has 0 amide bonds. The van der Waals surface area contributed by atoms with Crippen LogP contribution < -0.4 is 0 Å². The summed E-state index contributed by atoms with van der Waals surface area (Å²) in [5.74, 6) is -0.167. The number of hydrogen-bond acceptors (Lipinski definition) is 2. The van der Waals surface area contributed by atoms with Crippen LogP contribution in [0.4, 0.5) is 0 Å². The van der Waals surface area contributed by atoms with Gasteiger partial charge in [0.15, 0.2) is 0 Å². The predicted octanol–water partition coefficient (Wildman–Crippen LogP) is 4.64. The van der Waals surface area contributed by atoms with Crippen LogP contribution in [0, 0.1) is 0 Å². The molecule has 0 radical (unpaired) electrons. The van der Waals surface area contributed by atoms with Crippen molar-refractivity contribution in [3.63, 3.8) is 0 Å². The molecule has 0 spiro atoms. The predicted molar refractivity (Wildman–Crippen MR) is 95.6 cm³/mol. The monoisotopic (exact) mass is 324 g/mol. The van der Waals surface area contributed by atoms with E-state index in [1.807, 2.05) is 0 Å². The molecule has 0 atom stereocenters. The highest BCUT2D eigenvalue weighted by molar-refractivity contribution is 5.87. The second-order valence-corrected chi connectivity index (χ2v) is 6.44. The third-order valence-corrected chi connectivity index (χ3v) is 4.23. The van der Waals surface area contributed by atoms with Crippen LogP contribution in [0.25, 0.3) is 0 Å². The summed E-state index contributed by atoms with van der Waals surface area (Å²) in [4.78, 5) is 22.8. The first-order valence-electron chi connectivity index (χ1n) is 8.38. The maximum absolute atomic E-state index is 12.0. The smallest absolute Gasteiger partial charge is 0.335 e. The molecule has 0 aliphatic rings. The Bertz CT molecular complexity index is 682. The molecule has 0 heterocycles. The van der Waals surface area contributed by atoms with Gasteiger partial charge in [-0.2, -0.15) is 0 Å². The van der Waals surface area contributed by atoms with Crippen LogP contribution in [-0.2, 0) is 17.6 Å². The lowest BCUT2D eigenvalue weighted by Crippen LogP contribution is -2.03. The van der Waals surface area contributed by atoms with E-state index in [9.17, 15) is 9.59 Å². The van der Waals surface area contributed by atoms with Crippen molar-refractivity contribution in [2.24, 2.45) is 0 Å². The van der Waals surface area contributed by atoms with Gasteiger partial charge in [0, 0.05) is 12.8 Å². The molecule has 0 bridgehead atoms. The number of benzene rings is 2. The van der Waals surface area contributed by atoms with E-state index in [4.69, 9.17) is 5.11 Å². The number of Topliss-reactive ketones (excluding diaryl/α,β-unsaturated/α-hetero) is 1. The first kappa shape index (κ1) is 17.9. The normalized spacial score (nSPS) is 10.8.